The van der Waals surface area contributed by atoms with E-state index >= 15 is 0 Å². The van der Waals surface area contributed by atoms with Crippen molar-refractivity contribution in [1.82, 2.24) is 19.2 Å². The molecule has 0 amide bonds. The summed E-state index contributed by atoms with van der Waals surface area (Å²) >= 11 is 0.913. The fourth-order valence-corrected chi connectivity index (χ4v) is 8.10. The number of aromatic nitrogens is 2. The number of hydrogen-bond donors (Lipinski definition) is 3. The molecule has 15 heteroatoms. The lowest BCUT2D eigenvalue weighted by molar-refractivity contribution is 0.103. The van der Waals surface area contributed by atoms with Crippen LogP contribution in [0.15, 0.2) is 41.4 Å². The first kappa shape index (κ1) is 30.7. The van der Waals surface area contributed by atoms with Crippen LogP contribution < -0.4 is 16.8 Å². The van der Waals surface area contributed by atoms with Gasteiger partial charge in [-0.1, -0.05) is 17.4 Å². The van der Waals surface area contributed by atoms with E-state index in [0.29, 0.717) is 35.9 Å². The summed E-state index contributed by atoms with van der Waals surface area (Å²) in [4.78, 5) is 23.8. The van der Waals surface area contributed by atoms with Crippen molar-refractivity contribution in [1.29, 1.82) is 0 Å². The van der Waals surface area contributed by atoms with Gasteiger partial charge in [0.15, 0.2) is 5.13 Å². The minimum absolute atomic E-state index is 0. The molecule has 1 saturated carbocycles. The molecule has 10 nitrogen and oxygen atoms in total. The molecule has 6 rings (SSSR count). The maximum Gasteiger partial charge on any atom is 0.244 e. The number of benzene rings is 1. The fourth-order valence-electron chi connectivity index (χ4n) is 5.78. The van der Waals surface area contributed by atoms with E-state index in [-0.39, 0.29) is 47.1 Å². The summed E-state index contributed by atoms with van der Waals surface area (Å²) < 4.78 is 56.1. The SMILES string of the molecule is Cl.Nc1nc(NC2CCN(S(=O)(=O)c3ccc(CCN4C[C@@H]5C(N)[C@@H]5C4)nc3)CC2)sc1C(=O)c1c(F)cccc1F. The molecule has 0 spiro atoms. The van der Waals surface area contributed by atoms with Gasteiger partial charge < -0.3 is 21.7 Å². The van der Waals surface area contributed by atoms with Crippen molar-refractivity contribution in [2.24, 2.45) is 17.6 Å². The molecule has 1 aliphatic carbocycles. The maximum atomic E-state index is 14.1. The number of piperidine rings is 2. The molecular weight excluding hydrogens is 608 g/mol. The highest BCUT2D eigenvalue weighted by molar-refractivity contribution is 7.89. The van der Waals surface area contributed by atoms with E-state index in [9.17, 15) is 22.0 Å². The summed E-state index contributed by atoms with van der Waals surface area (Å²) in [5.74, 6) is -1.68. The molecule has 3 aromatic rings. The number of rotatable bonds is 9. The zero-order valence-corrected chi connectivity index (χ0v) is 25.0. The molecule has 5 N–H and O–H groups in total. The van der Waals surface area contributed by atoms with Crippen LogP contribution in [0.2, 0.25) is 0 Å². The quantitative estimate of drug-likeness (QED) is 0.301. The van der Waals surface area contributed by atoms with E-state index in [2.05, 4.69) is 20.2 Å². The van der Waals surface area contributed by atoms with E-state index in [0.717, 1.165) is 55.2 Å². The maximum absolute atomic E-state index is 14.1. The number of thiazole rings is 1. The number of sulfonamides is 1. The third kappa shape index (κ3) is 6.01. The predicted molar refractivity (Wildman–Crippen MR) is 158 cm³/mol. The average Bonchev–Trinajstić information content (AvgIpc) is 3.26. The summed E-state index contributed by atoms with van der Waals surface area (Å²) in [6.07, 6.45) is 3.19. The third-order valence-electron chi connectivity index (χ3n) is 8.29. The summed E-state index contributed by atoms with van der Waals surface area (Å²) in [6, 6.07) is 6.84. The largest absolute Gasteiger partial charge is 0.382 e. The molecule has 0 bridgehead atoms. The topological polar surface area (TPSA) is 148 Å². The lowest BCUT2D eigenvalue weighted by Gasteiger charge is -2.31. The molecule has 1 unspecified atom stereocenters. The summed E-state index contributed by atoms with van der Waals surface area (Å²) in [5, 5.41) is 3.52. The van der Waals surface area contributed by atoms with Crippen molar-refractivity contribution in [3.05, 3.63) is 64.3 Å². The van der Waals surface area contributed by atoms with Crippen molar-refractivity contribution in [2.75, 3.05) is 43.8 Å². The van der Waals surface area contributed by atoms with E-state index in [4.69, 9.17) is 11.5 Å². The van der Waals surface area contributed by atoms with Gasteiger partial charge >= 0.3 is 0 Å². The van der Waals surface area contributed by atoms with Crippen molar-refractivity contribution in [3.63, 3.8) is 0 Å². The molecule has 3 fully saturated rings. The first-order valence-electron chi connectivity index (χ1n) is 13.6. The number of fused-ring (bicyclic) bond motifs is 1. The number of ketones is 1. The number of nitrogens with one attached hydrogen (secondary N) is 1. The number of nitrogens with two attached hydrogens (primary N) is 2. The standard InChI is InChI=1S/C27H31F2N7O3S2.ClH/c28-20-2-1-3-21(29)22(20)24(37)25-26(31)34-27(40-25)33-16-7-10-36(11-8-16)41(38,39)17-5-4-15(32-12-17)6-9-35-13-18-19(14-35)23(18)30;/h1-5,12,16,18-19,23H,6-11,13-14,30-31H2,(H,33,34);1H/t18-,19+,23?;. The average molecular weight is 640 g/mol. The summed E-state index contributed by atoms with van der Waals surface area (Å²) in [7, 11) is -3.70. The first-order chi connectivity index (χ1) is 19.6. The zero-order valence-electron chi connectivity index (χ0n) is 22.6. The van der Waals surface area contributed by atoms with Gasteiger partial charge in [-0.3, -0.25) is 9.78 Å². The number of anilines is 2. The fraction of sp³-hybridized carbons (Fsp3) is 0.444. The van der Waals surface area contributed by atoms with Gasteiger partial charge in [-0.25, -0.2) is 22.2 Å². The molecule has 3 atom stereocenters. The van der Waals surface area contributed by atoms with E-state index < -0.39 is 33.0 Å². The van der Waals surface area contributed by atoms with Crippen LogP contribution in [0.3, 0.4) is 0 Å². The van der Waals surface area contributed by atoms with Gasteiger partial charge in [0.05, 0.1) is 5.56 Å². The Labute approximate surface area is 253 Å². The summed E-state index contributed by atoms with van der Waals surface area (Å²) in [6.45, 7) is 3.53. The Kier molecular flexibility index (Phi) is 8.84. The number of carbonyl (C=O) groups is 1. The third-order valence-corrected chi connectivity index (χ3v) is 11.2. The summed E-state index contributed by atoms with van der Waals surface area (Å²) in [5.41, 5.74) is 12.1. The Balaban J connectivity index is 0.00000353. The second-order valence-corrected chi connectivity index (χ2v) is 13.8. The molecule has 226 valence electrons. The number of halogens is 3. The molecule has 3 aliphatic rings. The lowest BCUT2D eigenvalue weighted by atomic mass is 10.1. The minimum Gasteiger partial charge on any atom is -0.382 e. The zero-order chi connectivity index (χ0) is 28.9. The molecule has 2 aliphatic heterocycles. The number of nitrogen functional groups attached to an aromatic ring is 1. The van der Waals surface area contributed by atoms with Crippen LogP contribution in [-0.4, -0.2) is 78.2 Å². The minimum atomic E-state index is -3.70. The number of nitrogens with zero attached hydrogens (tertiary/aromatic N) is 4. The molecule has 1 aromatic carbocycles. The Morgan fingerprint density at radius 1 is 1.10 bits per heavy atom. The van der Waals surface area contributed by atoms with Crippen LogP contribution in [-0.2, 0) is 16.4 Å². The first-order valence-corrected chi connectivity index (χ1v) is 15.8. The molecule has 42 heavy (non-hydrogen) atoms. The molecule has 2 aromatic heterocycles. The highest BCUT2D eigenvalue weighted by Crippen LogP contribution is 2.43. The number of pyridine rings is 1. The van der Waals surface area contributed by atoms with Gasteiger partial charge in [0.2, 0.25) is 15.8 Å². The highest BCUT2D eigenvalue weighted by Gasteiger charge is 2.53. The van der Waals surface area contributed by atoms with Gasteiger partial charge in [-0.15, -0.1) is 12.4 Å². The number of likely N-dealkylation sites (tertiary alicyclic amines) is 1. The van der Waals surface area contributed by atoms with Crippen LogP contribution in [0, 0.1) is 23.5 Å². The smallest absolute Gasteiger partial charge is 0.244 e. The van der Waals surface area contributed by atoms with Gasteiger partial charge in [0.1, 0.15) is 27.2 Å². The van der Waals surface area contributed by atoms with Gasteiger partial charge in [0, 0.05) is 63.1 Å². The van der Waals surface area contributed by atoms with Crippen molar-refractivity contribution in [3.8, 4) is 0 Å². The predicted octanol–water partition coefficient (Wildman–Crippen LogP) is 2.75. The normalized spacial score (nSPS) is 22.9. The van der Waals surface area contributed by atoms with E-state index in [1.54, 1.807) is 12.1 Å². The van der Waals surface area contributed by atoms with Crippen molar-refractivity contribution < 1.29 is 22.0 Å². The van der Waals surface area contributed by atoms with Crippen LogP contribution in [0.25, 0.3) is 0 Å². The Morgan fingerprint density at radius 2 is 1.76 bits per heavy atom. The monoisotopic (exact) mass is 639 g/mol. The molecule has 2 saturated heterocycles. The molecule has 4 heterocycles. The van der Waals surface area contributed by atoms with E-state index in [1.165, 1.54) is 16.6 Å². The van der Waals surface area contributed by atoms with E-state index in [1.807, 2.05) is 0 Å². The van der Waals surface area contributed by atoms with Crippen LogP contribution in [0.5, 0.6) is 0 Å². The van der Waals surface area contributed by atoms with Crippen LogP contribution >= 0.6 is 23.7 Å². The lowest BCUT2D eigenvalue weighted by Crippen LogP contribution is -2.42. The van der Waals surface area contributed by atoms with Gasteiger partial charge in [0.25, 0.3) is 0 Å². The van der Waals surface area contributed by atoms with Crippen LogP contribution in [0.4, 0.5) is 19.7 Å². The number of hydrogen-bond acceptors (Lipinski definition) is 10. The second-order valence-electron chi connectivity index (χ2n) is 10.9. The Hall–Kier alpha value is -2.75. The molecule has 0 radical (unpaired) electrons. The number of carbonyl (C=O) groups excluding carboxylic acids is 1. The Morgan fingerprint density at radius 3 is 2.38 bits per heavy atom. The molecular formula is C27H32ClF2N7O3S2. The van der Waals surface area contributed by atoms with Crippen molar-refractivity contribution >= 4 is 50.5 Å². The van der Waals surface area contributed by atoms with Gasteiger partial charge in [-0.2, -0.15) is 4.31 Å². The Bertz CT molecular complexity index is 1530. The highest BCUT2D eigenvalue weighted by atomic mass is 35.5. The van der Waals surface area contributed by atoms with Crippen LogP contribution in [0.1, 0.15) is 33.8 Å². The van der Waals surface area contributed by atoms with Crippen molar-refractivity contribution in [2.45, 2.75) is 36.2 Å². The second kappa shape index (κ2) is 12.1. The van der Waals surface area contributed by atoms with Gasteiger partial charge in [-0.05, 0) is 48.9 Å².